The van der Waals surface area contributed by atoms with E-state index >= 15 is 0 Å². The number of fused-ring (bicyclic) bond motifs is 1. The number of carbonyl (C=O) groups excluding carboxylic acids is 1. The van der Waals surface area contributed by atoms with Gasteiger partial charge in [0, 0.05) is 50.0 Å². The van der Waals surface area contributed by atoms with Gasteiger partial charge < -0.3 is 15.5 Å². The molecule has 0 aromatic heterocycles. The fraction of sp³-hybridized carbons (Fsp3) is 0.650. The Bertz CT molecular complexity index is 686. The Morgan fingerprint density at radius 3 is 2.81 bits per heavy atom. The van der Waals surface area contributed by atoms with Crippen LogP contribution in [0.15, 0.2) is 18.2 Å². The topological polar surface area (TPSA) is 47.6 Å². The van der Waals surface area contributed by atoms with Gasteiger partial charge in [0.2, 0.25) is 0 Å². The molecule has 5 nitrogen and oxygen atoms in total. The van der Waals surface area contributed by atoms with Crippen LogP contribution in [0.5, 0.6) is 0 Å². The predicted molar refractivity (Wildman–Crippen MR) is 101 cm³/mol. The average molecular weight is 378 g/mol. The van der Waals surface area contributed by atoms with Gasteiger partial charge in [0.1, 0.15) is 0 Å². The number of halogens is 2. The number of amides is 2. The van der Waals surface area contributed by atoms with E-state index < -0.39 is 11.6 Å². The Hall–Kier alpha value is -1.89. The number of piperidine rings is 1. The summed E-state index contributed by atoms with van der Waals surface area (Å²) in [5, 5.41) is 6.17. The first kappa shape index (κ1) is 18.5. The molecule has 7 heteroatoms. The quantitative estimate of drug-likeness (QED) is 0.847. The van der Waals surface area contributed by atoms with E-state index in [-0.39, 0.29) is 12.1 Å². The lowest BCUT2D eigenvalue weighted by atomic mass is 9.99. The molecule has 3 unspecified atom stereocenters. The van der Waals surface area contributed by atoms with Crippen LogP contribution in [0.25, 0.3) is 0 Å². The zero-order valence-electron chi connectivity index (χ0n) is 15.6. The molecular formula is C20H28F2N4O. The van der Waals surface area contributed by atoms with Crippen LogP contribution in [0.3, 0.4) is 0 Å². The van der Waals surface area contributed by atoms with Crippen molar-refractivity contribution in [1.29, 1.82) is 0 Å². The molecule has 2 amide bonds. The van der Waals surface area contributed by atoms with Crippen molar-refractivity contribution in [2.24, 2.45) is 5.92 Å². The predicted octanol–water partition coefficient (Wildman–Crippen LogP) is 2.72. The molecule has 3 aliphatic rings. The molecule has 3 aliphatic heterocycles. The third-order valence-corrected chi connectivity index (χ3v) is 6.28. The maximum Gasteiger partial charge on any atom is 0.315 e. The Morgan fingerprint density at radius 1 is 1.07 bits per heavy atom. The number of benzene rings is 1. The fourth-order valence-corrected chi connectivity index (χ4v) is 4.79. The molecule has 1 aromatic rings. The van der Waals surface area contributed by atoms with Crippen molar-refractivity contribution in [2.45, 2.75) is 44.2 Å². The second-order valence-corrected chi connectivity index (χ2v) is 8.05. The molecule has 0 bridgehead atoms. The van der Waals surface area contributed by atoms with Crippen LogP contribution in [0.2, 0.25) is 0 Å². The van der Waals surface area contributed by atoms with Crippen LogP contribution in [0.4, 0.5) is 19.3 Å². The lowest BCUT2D eigenvalue weighted by Gasteiger charge is -2.32. The number of nitrogens with one attached hydrogen (secondary N) is 2. The lowest BCUT2D eigenvalue weighted by molar-refractivity contribution is 0.178. The van der Waals surface area contributed by atoms with Gasteiger partial charge in [-0.1, -0.05) is 6.42 Å². The van der Waals surface area contributed by atoms with Crippen molar-refractivity contribution in [3.8, 4) is 0 Å². The van der Waals surface area contributed by atoms with Crippen LogP contribution < -0.4 is 15.5 Å². The number of anilines is 1. The minimum absolute atomic E-state index is 0.0845. The van der Waals surface area contributed by atoms with Gasteiger partial charge in [0.25, 0.3) is 0 Å². The second kappa shape index (κ2) is 8.00. The van der Waals surface area contributed by atoms with Crippen molar-refractivity contribution in [3.05, 3.63) is 29.8 Å². The Balaban J connectivity index is 1.22. The van der Waals surface area contributed by atoms with Crippen LogP contribution in [0, 0.1) is 17.6 Å². The Labute approximate surface area is 159 Å². The van der Waals surface area contributed by atoms with Crippen LogP contribution in [-0.4, -0.2) is 55.7 Å². The molecule has 148 valence electrons. The number of hydrogen-bond acceptors (Lipinski definition) is 3. The molecule has 0 aliphatic carbocycles. The standard InChI is InChI=1S/C20H28F2N4O/c21-16-5-4-15(11-17(16)22)26-9-6-14(13-26)12-23-20(27)24-18-7-10-25-8-2-1-3-19(18)25/h4-5,11,14,18-19H,1-3,6-10,12-13H2,(H2,23,24,27). The van der Waals surface area contributed by atoms with Gasteiger partial charge in [-0.15, -0.1) is 0 Å². The largest absolute Gasteiger partial charge is 0.371 e. The zero-order chi connectivity index (χ0) is 18.8. The molecule has 0 radical (unpaired) electrons. The van der Waals surface area contributed by atoms with E-state index in [0.717, 1.165) is 39.0 Å². The number of urea groups is 1. The van der Waals surface area contributed by atoms with E-state index in [4.69, 9.17) is 0 Å². The third-order valence-electron chi connectivity index (χ3n) is 6.28. The summed E-state index contributed by atoms with van der Waals surface area (Å²) in [5.74, 6) is -1.32. The average Bonchev–Trinajstić information content (AvgIpc) is 3.30. The monoisotopic (exact) mass is 378 g/mol. The molecule has 3 atom stereocenters. The highest BCUT2D eigenvalue weighted by molar-refractivity contribution is 5.74. The molecule has 0 saturated carbocycles. The van der Waals surface area contributed by atoms with E-state index in [9.17, 15) is 13.6 Å². The van der Waals surface area contributed by atoms with E-state index in [0.29, 0.717) is 24.2 Å². The number of nitrogens with zero attached hydrogens (tertiary/aromatic N) is 2. The maximum atomic E-state index is 13.4. The van der Waals surface area contributed by atoms with Crippen molar-refractivity contribution in [3.63, 3.8) is 0 Å². The van der Waals surface area contributed by atoms with Gasteiger partial charge in [-0.05, 0) is 50.3 Å². The van der Waals surface area contributed by atoms with Crippen molar-refractivity contribution in [1.82, 2.24) is 15.5 Å². The van der Waals surface area contributed by atoms with E-state index in [1.807, 2.05) is 4.90 Å². The van der Waals surface area contributed by atoms with Gasteiger partial charge in [-0.25, -0.2) is 13.6 Å². The van der Waals surface area contributed by atoms with Crippen molar-refractivity contribution < 1.29 is 13.6 Å². The Kier molecular flexibility index (Phi) is 5.48. The fourth-order valence-electron chi connectivity index (χ4n) is 4.79. The van der Waals surface area contributed by atoms with Gasteiger partial charge in [0.05, 0.1) is 0 Å². The summed E-state index contributed by atoms with van der Waals surface area (Å²) in [6.07, 6.45) is 5.66. The molecule has 3 saturated heterocycles. The van der Waals surface area contributed by atoms with E-state index in [1.165, 1.54) is 31.4 Å². The van der Waals surface area contributed by atoms with Gasteiger partial charge >= 0.3 is 6.03 Å². The summed E-state index contributed by atoms with van der Waals surface area (Å²) in [5.41, 5.74) is 0.698. The molecular weight excluding hydrogens is 350 g/mol. The molecule has 2 N–H and O–H groups in total. The minimum Gasteiger partial charge on any atom is -0.371 e. The van der Waals surface area contributed by atoms with E-state index in [2.05, 4.69) is 15.5 Å². The summed E-state index contributed by atoms with van der Waals surface area (Å²) < 4.78 is 26.5. The van der Waals surface area contributed by atoms with Crippen LogP contribution in [0.1, 0.15) is 32.1 Å². The molecule has 27 heavy (non-hydrogen) atoms. The number of rotatable bonds is 4. The van der Waals surface area contributed by atoms with Crippen molar-refractivity contribution in [2.75, 3.05) is 37.6 Å². The van der Waals surface area contributed by atoms with Gasteiger partial charge in [-0.2, -0.15) is 0 Å². The summed E-state index contributed by atoms with van der Waals surface area (Å²) in [7, 11) is 0. The molecule has 3 fully saturated rings. The van der Waals surface area contributed by atoms with Gasteiger partial charge in [-0.3, -0.25) is 4.90 Å². The highest BCUT2D eigenvalue weighted by Gasteiger charge is 2.36. The number of hydrogen-bond donors (Lipinski definition) is 2. The van der Waals surface area contributed by atoms with Crippen LogP contribution >= 0.6 is 0 Å². The first-order chi connectivity index (χ1) is 13.1. The highest BCUT2D eigenvalue weighted by atomic mass is 19.2. The van der Waals surface area contributed by atoms with Crippen molar-refractivity contribution >= 4 is 11.7 Å². The molecule has 0 spiro atoms. The SMILES string of the molecule is O=C(NCC1CCN(c2ccc(F)c(F)c2)C1)NC1CCN2CCCCC12. The zero-order valence-corrected chi connectivity index (χ0v) is 15.6. The third kappa shape index (κ3) is 4.18. The summed E-state index contributed by atoms with van der Waals surface area (Å²) in [6.45, 7) is 4.38. The molecule has 4 rings (SSSR count). The highest BCUT2D eigenvalue weighted by Crippen LogP contribution is 2.27. The smallest absolute Gasteiger partial charge is 0.315 e. The van der Waals surface area contributed by atoms with Gasteiger partial charge in [0.15, 0.2) is 11.6 Å². The minimum atomic E-state index is -0.823. The summed E-state index contributed by atoms with van der Waals surface area (Å²) >= 11 is 0. The first-order valence-corrected chi connectivity index (χ1v) is 10.1. The maximum absolute atomic E-state index is 13.4. The van der Waals surface area contributed by atoms with E-state index in [1.54, 1.807) is 6.07 Å². The lowest BCUT2D eigenvalue weighted by Crippen LogP contribution is -2.50. The summed E-state index contributed by atoms with van der Waals surface area (Å²) in [6, 6.07) is 4.69. The van der Waals surface area contributed by atoms with Crippen LogP contribution in [-0.2, 0) is 0 Å². The first-order valence-electron chi connectivity index (χ1n) is 10.1. The summed E-state index contributed by atoms with van der Waals surface area (Å²) in [4.78, 5) is 16.9. The molecule has 3 heterocycles. The Morgan fingerprint density at radius 2 is 1.96 bits per heavy atom. The second-order valence-electron chi connectivity index (χ2n) is 8.05. The normalized spacial score (nSPS) is 28.2. The number of carbonyl (C=O) groups is 1. The molecule has 1 aromatic carbocycles.